The number of benzene rings is 2. The molecule has 0 aliphatic heterocycles. The highest BCUT2D eigenvalue weighted by Crippen LogP contribution is 2.23. The average Bonchev–Trinajstić information content (AvgIpc) is 2.64. The number of hydrogen-bond donors (Lipinski definition) is 3. The fourth-order valence-corrected chi connectivity index (χ4v) is 1.97. The van der Waals surface area contributed by atoms with Crippen LogP contribution in [0.2, 0.25) is 0 Å². The first-order valence-electron chi connectivity index (χ1n) is 7.43. The fourth-order valence-electron chi connectivity index (χ4n) is 1.97. The predicted octanol–water partition coefficient (Wildman–Crippen LogP) is 4.96. The Labute approximate surface area is 153 Å². The molecule has 0 aromatic heterocycles. The first-order valence-corrected chi connectivity index (χ1v) is 7.43. The minimum absolute atomic E-state index is 0. The second-order valence-electron chi connectivity index (χ2n) is 5.19. The van der Waals surface area contributed by atoms with Gasteiger partial charge in [-0.1, -0.05) is 26.5 Å². The van der Waals surface area contributed by atoms with Crippen LogP contribution in [0.5, 0.6) is 5.75 Å². The second kappa shape index (κ2) is 12.7. The van der Waals surface area contributed by atoms with Gasteiger partial charge in [-0.2, -0.15) is 0 Å². The van der Waals surface area contributed by atoms with E-state index in [1.54, 1.807) is 12.1 Å². The van der Waals surface area contributed by atoms with Crippen LogP contribution in [0, 0.1) is 0 Å². The highest BCUT2D eigenvalue weighted by atomic mass is 17.1. The quantitative estimate of drug-likeness (QED) is 0.367. The van der Waals surface area contributed by atoms with Crippen LogP contribution in [0.3, 0.4) is 0 Å². The van der Waals surface area contributed by atoms with Crippen molar-refractivity contribution < 1.29 is 25.4 Å². The molecule has 0 amide bonds. The summed E-state index contributed by atoms with van der Waals surface area (Å²) < 4.78 is 0. The predicted molar refractivity (Wildman–Crippen MR) is 104 cm³/mol. The van der Waals surface area contributed by atoms with Gasteiger partial charge in [-0.25, -0.2) is 9.78 Å². The van der Waals surface area contributed by atoms with E-state index < -0.39 is 0 Å². The molecule has 2 aromatic rings. The van der Waals surface area contributed by atoms with Gasteiger partial charge in [0.25, 0.3) is 0 Å². The summed E-state index contributed by atoms with van der Waals surface area (Å²) in [5, 5.41) is 25.6. The zero-order chi connectivity index (χ0) is 18.7. The number of hydrogen-bond acceptors (Lipinski definition) is 7. The third kappa shape index (κ3) is 7.54. The Morgan fingerprint density at radius 1 is 0.962 bits per heavy atom. The summed E-state index contributed by atoms with van der Waals surface area (Å²) in [7, 11) is 0. The summed E-state index contributed by atoms with van der Waals surface area (Å²) in [5.41, 5.74) is 3.06. The first-order chi connectivity index (χ1) is 12.0. The zero-order valence-corrected chi connectivity index (χ0v) is 14.0. The van der Waals surface area contributed by atoms with Crippen molar-refractivity contribution in [2.45, 2.75) is 26.9 Å². The van der Waals surface area contributed by atoms with E-state index in [2.05, 4.69) is 33.2 Å². The zero-order valence-electron chi connectivity index (χ0n) is 14.0. The van der Waals surface area contributed by atoms with Crippen molar-refractivity contribution >= 4 is 24.8 Å². The third-order valence-electron chi connectivity index (χ3n) is 3.43. The molecule has 2 aromatic carbocycles. The van der Waals surface area contributed by atoms with E-state index in [9.17, 15) is 5.11 Å². The molecule has 1 atom stereocenters. The molecular formula is C19H26N2O5. The average molecular weight is 362 g/mol. The maximum absolute atomic E-state index is 9.21. The molecule has 2 rings (SSSR count). The summed E-state index contributed by atoms with van der Waals surface area (Å²) in [6.45, 7) is 8.98. The SMILES string of the molecule is C.C=Nc1ccc(C(C)COO)cc1.C=Nc1ccc(O)c(COO)c1. The molecule has 7 heteroatoms. The van der Waals surface area contributed by atoms with Gasteiger partial charge in [-0.15, -0.1) is 0 Å². The summed E-state index contributed by atoms with van der Waals surface area (Å²) in [6.07, 6.45) is 0. The number of phenolic OH excluding ortho intramolecular Hbond substituents is 1. The number of rotatable bonds is 7. The molecule has 0 aliphatic carbocycles. The van der Waals surface area contributed by atoms with Crippen LogP contribution >= 0.6 is 0 Å². The van der Waals surface area contributed by atoms with E-state index in [0.29, 0.717) is 17.9 Å². The molecule has 26 heavy (non-hydrogen) atoms. The lowest BCUT2D eigenvalue weighted by Gasteiger charge is -2.08. The maximum Gasteiger partial charge on any atom is 0.121 e. The Morgan fingerprint density at radius 2 is 1.54 bits per heavy atom. The largest absolute Gasteiger partial charge is 0.508 e. The van der Waals surface area contributed by atoms with Gasteiger partial charge in [0.15, 0.2) is 0 Å². The maximum atomic E-state index is 9.21. The monoisotopic (exact) mass is 362 g/mol. The molecule has 3 N–H and O–H groups in total. The van der Waals surface area contributed by atoms with Crippen LogP contribution in [-0.2, 0) is 16.4 Å². The van der Waals surface area contributed by atoms with Gasteiger partial charge >= 0.3 is 0 Å². The fraction of sp³-hybridized carbons (Fsp3) is 0.263. The molecule has 0 bridgehead atoms. The van der Waals surface area contributed by atoms with E-state index in [1.807, 2.05) is 31.2 Å². The molecule has 0 spiro atoms. The third-order valence-corrected chi connectivity index (χ3v) is 3.43. The molecule has 0 heterocycles. The van der Waals surface area contributed by atoms with Crippen molar-refractivity contribution in [3.63, 3.8) is 0 Å². The Balaban J connectivity index is 0.000000464. The summed E-state index contributed by atoms with van der Waals surface area (Å²) in [6, 6.07) is 12.3. The van der Waals surface area contributed by atoms with Crippen LogP contribution in [0.25, 0.3) is 0 Å². The number of aromatic hydroxyl groups is 1. The van der Waals surface area contributed by atoms with Gasteiger partial charge in [0.1, 0.15) is 12.4 Å². The lowest BCUT2D eigenvalue weighted by atomic mass is 10.0. The van der Waals surface area contributed by atoms with Crippen molar-refractivity contribution in [2.24, 2.45) is 9.98 Å². The molecular weight excluding hydrogens is 336 g/mol. The van der Waals surface area contributed by atoms with Crippen LogP contribution in [0.4, 0.5) is 11.4 Å². The topological polar surface area (TPSA) is 104 Å². The standard InChI is InChI=1S/C10H13NO2.C8H9NO3.CH4/c1-8(7-13-12)9-3-5-10(11-2)6-4-9;1-9-7-2-3-8(10)6(4-7)5-12-11;/h3-6,8,12H,2,7H2,1H3;2-4,10-11H,1,5H2;1H4. The van der Waals surface area contributed by atoms with Crippen LogP contribution in [0.1, 0.15) is 31.4 Å². The first kappa shape index (κ1) is 23.4. The number of phenols is 1. The van der Waals surface area contributed by atoms with Crippen molar-refractivity contribution in [3.8, 4) is 5.75 Å². The summed E-state index contributed by atoms with van der Waals surface area (Å²) >= 11 is 0. The van der Waals surface area contributed by atoms with Crippen LogP contribution in [-0.4, -0.2) is 35.7 Å². The molecule has 142 valence electrons. The minimum Gasteiger partial charge on any atom is -0.508 e. The normalized spacial score (nSPS) is 10.7. The van der Waals surface area contributed by atoms with Gasteiger partial charge in [-0.05, 0) is 49.3 Å². The van der Waals surface area contributed by atoms with Crippen molar-refractivity contribution in [3.05, 3.63) is 53.6 Å². The highest BCUT2D eigenvalue weighted by molar-refractivity contribution is 5.50. The van der Waals surface area contributed by atoms with Crippen molar-refractivity contribution in [1.82, 2.24) is 0 Å². The van der Waals surface area contributed by atoms with Gasteiger partial charge < -0.3 is 5.11 Å². The van der Waals surface area contributed by atoms with E-state index in [4.69, 9.17) is 10.5 Å². The Bertz CT molecular complexity index is 674. The minimum atomic E-state index is -0.0603. The van der Waals surface area contributed by atoms with Gasteiger partial charge in [-0.3, -0.25) is 20.5 Å². The highest BCUT2D eigenvalue weighted by Gasteiger charge is 2.04. The molecule has 0 aliphatic rings. The van der Waals surface area contributed by atoms with Gasteiger partial charge in [0.05, 0.1) is 18.0 Å². The molecule has 0 fully saturated rings. The van der Waals surface area contributed by atoms with Gasteiger partial charge in [0, 0.05) is 11.5 Å². The molecule has 0 radical (unpaired) electrons. The lowest BCUT2D eigenvalue weighted by Crippen LogP contribution is -2.01. The van der Waals surface area contributed by atoms with Crippen LogP contribution < -0.4 is 0 Å². The van der Waals surface area contributed by atoms with Crippen LogP contribution in [0.15, 0.2) is 52.4 Å². The lowest BCUT2D eigenvalue weighted by molar-refractivity contribution is -0.253. The second-order valence-corrected chi connectivity index (χ2v) is 5.19. The van der Waals surface area contributed by atoms with E-state index in [0.717, 1.165) is 11.3 Å². The Kier molecular flexibility index (Phi) is 11.5. The van der Waals surface area contributed by atoms with Crippen molar-refractivity contribution in [1.29, 1.82) is 0 Å². The molecule has 1 unspecified atom stereocenters. The van der Waals surface area contributed by atoms with E-state index in [1.165, 1.54) is 6.07 Å². The molecule has 7 nitrogen and oxygen atoms in total. The Morgan fingerprint density at radius 3 is 2.04 bits per heavy atom. The molecule has 0 saturated heterocycles. The molecule has 0 saturated carbocycles. The number of nitrogens with zero attached hydrogens (tertiary/aromatic N) is 2. The summed E-state index contributed by atoms with van der Waals surface area (Å²) in [5.74, 6) is 0.250. The number of aliphatic imine (C=N–C) groups is 2. The Hall–Kier alpha value is -2.58. The summed E-state index contributed by atoms with van der Waals surface area (Å²) in [4.78, 5) is 15.4. The smallest absolute Gasteiger partial charge is 0.121 e. The van der Waals surface area contributed by atoms with Gasteiger partial charge in [0.2, 0.25) is 0 Å². The van der Waals surface area contributed by atoms with E-state index >= 15 is 0 Å². The van der Waals surface area contributed by atoms with E-state index in [-0.39, 0.29) is 25.7 Å². The van der Waals surface area contributed by atoms with Crippen molar-refractivity contribution in [2.75, 3.05) is 6.61 Å².